The number of rotatable bonds is 3. The van der Waals surface area contributed by atoms with Crippen LogP contribution in [0.1, 0.15) is 18.9 Å². The summed E-state index contributed by atoms with van der Waals surface area (Å²) in [5, 5.41) is 10.5. The zero-order valence-corrected chi connectivity index (χ0v) is 13.0. The van der Waals surface area contributed by atoms with Crippen LogP contribution < -0.4 is 5.56 Å². The molecule has 1 N–H and O–H groups in total. The van der Waals surface area contributed by atoms with Gasteiger partial charge in [0.2, 0.25) is 0 Å². The normalized spacial score (nSPS) is 12.8. The molecule has 1 heterocycles. The van der Waals surface area contributed by atoms with E-state index in [4.69, 9.17) is 11.6 Å². The fraction of sp³-hybridized carbons (Fsp3) is 0.385. The van der Waals surface area contributed by atoms with Gasteiger partial charge >= 0.3 is 0 Å². The van der Waals surface area contributed by atoms with Gasteiger partial charge in [0.15, 0.2) is 0 Å². The molecule has 0 amide bonds. The van der Waals surface area contributed by atoms with Gasteiger partial charge in [0.1, 0.15) is 11.3 Å². The van der Waals surface area contributed by atoms with Gasteiger partial charge in [-0.05, 0) is 25.0 Å². The number of phenolic OH excluding ortho intramolecular Hbond substituents is 1. The molecule has 4 nitrogen and oxygen atoms in total. The molecule has 19 heavy (non-hydrogen) atoms. The van der Waals surface area contributed by atoms with Gasteiger partial charge in [-0.15, -0.1) is 0 Å². The van der Waals surface area contributed by atoms with E-state index in [-0.39, 0.29) is 22.2 Å². The average Bonchev–Trinajstić information content (AvgIpc) is 2.34. The lowest BCUT2D eigenvalue weighted by Crippen LogP contribution is -2.22. The Balaban J connectivity index is 2.62. The lowest BCUT2D eigenvalue weighted by atomic mass is 10.1. The number of aromatic hydroxyl groups is 1. The number of aromatic nitrogens is 2. The van der Waals surface area contributed by atoms with Gasteiger partial charge in [0.05, 0.1) is 16.7 Å². The Hall–Kier alpha value is -1.07. The molecule has 1 unspecified atom stereocenters. The molecule has 2 rings (SSSR count). The van der Waals surface area contributed by atoms with Gasteiger partial charge in [-0.1, -0.05) is 34.5 Å². The molecule has 2 aromatic rings. The highest BCUT2D eigenvalue weighted by Crippen LogP contribution is 2.30. The molecule has 1 aromatic heterocycles. The Bertz CT molecular complexity index is 682. The number of benzene rings is 1. The highest BCUT2D eigenvalue weighted by atomic mass is 79.9. The van der Waals surface area contributed by atoms with Crippen LogP contribution in [0.25, 0.3) is 10.9 Å². The van der Waals surface area contributed by atoms with Crippen molar-refractivity contribution in [2.45, 2.75) is 31.6 Å². The topological polar surface area (TPSA) is 55.1 Å². The number of halogens is 2. The van der Waals surface area contributed by atoms with Gasteiger partial charge in [-0.25, -0.2) is 4.98 Å². The van der Waals surface area contributed by atoms with E-state index in [1.165, 1.54) is 10.9 Å². The molecule has 0 saturated heterocycles. The molecule has 0 aliphatic carbocycles. The molecule has 0 aliphatic rings. The average molecular weight is 346 g/mol. The fourth-order valence-electron chi connectivity index (χ4n) is 1.88. The van der Waals surface area contributed by atoms with Gasteiger partial charge in [0.25, 0.3) is 5.56 Å². The molecule has 0 aliphatic heterocycles. The van der Waals surface area contributed by atoms with E-state index < -0.39 is 0 Å². The molecular weight excluding hydrogens is 332 g/mol. The summed E-state index contributed by atoms with van der Waals surface area (Å²) in [6.45, 7) is 4.29. The zero-order chi connectivity index (χ0) is 14.2. The van der Waals surface area contributed by atoms with E-state index in [2.05, 4.69) is 20.9 Å². The SMILES string of the molecule is Cc1cc(Cl)c2c(=O)n(CCC(C)Br)cnc2c1O. The summed E-state index contributed by atoms with van der Waals surface area (Å²) in [7, 11) is 0. The van der Waals surface area contributed by atoms with Crippen LogP contribution in [0.2, 0.25) is 5.02 Å². The highest BCUT2D eigenvalue weighted by Gasteiger charge is 2.14. The van der Waals surface area contributed by atoms with Crippen molar-refractivity contribution in [3.8, 4) is 5.75 Å². The van der Waals surface area contributed by atoms with Gasteiger partial charge in [0, 0.05) is 11.4 Å². The number of hydrogen-bond donors (Lipinski definition) is 1. The minimum Gasteiger partial charge on any atom is -0.505 e. The summed E-state index contributed by atoms with van der Waals surface area (Å²) in [4.78, 5) is 16.8. The van der Waals surface area contributed by atoms with Crippen LogP contribution in [0.3, 0.4) is 0 Å². The minimum absolute atomic E-state index is 0.0116. The van der Waals surface area contributed by atoms with Crippen LogP contribution in [0, 0.1) is 6.92 Å². The van der Waals surface area contributed by atoms with Gasteiger partial charge in [-0.3, -0.25) is 9.36 Å². The lowest BCUT2D eigenvalue weighted by molar-refractivity contribution is 0.475. The smallest absolute Gasteiger partial charge is 0.262 e. The second-order valence-electron chi connectivity index (χ2n) is 4.56. The molecule has 102 valence electrons. The van der Waals surface area contributed by atoms with Gasteiger partial charge < -0.3 is 5.11 Å². The third-order valence-corrected chi connectivity index (χ3v) is 3.74. The van der Waals surface area contributed by atoms with Crippen LogP contribution in [0.5, 0.6) is 5.75 Å². The third-order valence-electron chi connectivity index (χ3n) is 2.99. The number of phenols is 1. The third kappa shape index (κ3) is 2.77. The molecule has 1 atom stereocenters. The van der Waals surface area contributed by atoms with E-state index in [0.29, 0.717) is 22.0 Å². The summed E-state index contributed by atoms with van der Waals surface area (Å²) in [5.74, 6) is 0.0116. The maximum absolute atomic E-state index is 12.3. The Kier molecular flexibility index (Phi) is 4.16. The lowest BCUT2D eigenvalue weighted by Gasteiger charge is -2.10. The molecule has 6 heteroatoms. The molecule has 1 aromatic carbocycles. The van der Waals surface area contributed by atoms with Crippen LogP contribution in [0.4, 0.5) is 0 Å². The second-order valence-corrected chi connectivity index (χ2v) is 6.53. The Morgan fingerprint density at radius 1 is 1.58 bits per heavy atom. The van der Waals surface area contributed by atoms with E-state index in [1.807, 2.05) is 6.92 Å². The van der Waals surface area contributed by atoms with E-state index in [0.717, 1.165) is 6.42 Å². The van der Waals surface area contributed by atoms with Crippen molar-refractivity contribution in [1.82, 2.24) is 9.55 Å². The first-order valence-electron chi connectivity index (χ1n) is 5.93. The van der Waals surface area contributed by atoms with Crippen molar-refractivity contribution in [3.63, 3.8) is 0 Å². The molecule has 0 bridgehead atoms. The molecule has 0 fully saturated rings. The highest BCUT2D eigenvalue weighted by molar-refractivity contribution is 9.09. The molecule has 0 radical (unpaired) electrons. The fourth-order valence-corrected chi connectivity index (χ4v) is 2.42. The number of aryl methyl sites for hydroxylation is 2. The van der Waals surface area contributed by atoms with Crippen molar-refractivity contribution >= 4 is 38.4 Å². The monoisotopic (exact) mass is 344 g/mol. The maximum Gasteiger partial charge on any atom is 0.262 e. The first kappa shape index (κ1) is 14.3. The molecule has 0 saturated carbocycles. The van der Waals surface area contributed by atoms with Crippen molar-refractivity contribution in [2.75, 3.05) is 0 Å². The largest absolute Gasteiger partial charge is 0.505 e. The summed E-state index contributed by atoms with van der Waals surface area (Å²) in [5.41, 5.74) is 0.646. The first-order chi connectivity index (χ1) is 8.91. The summed E-state index contributed by atoms with van der Waals surface area (Å²) in [6, 6.07) is 1.58. The summed E-state index contributed by atoms with van der Waals surface area (Å²) < 4.78 is 1.51. The van der Waals surface area contributed by atoms with Crippen LogP contribution in [-0.4, -0.2) is 19.5 Å². The van der Waals surface area contributed by atoms with Crippen molar-refractivity contribution in [3.05, 3.63) is 33.3 Å². The zero-order valence-electron chi connectivity index (χ0n) is 10.7. The van der Waals surface area contributed by atoms with E-state index in [1.54, 1.807) is 13.0 Å². The standard InChI is InChI=1S/C13H14BrClN2O2/c1-7-5-9(15)10-11(12(7)18)16-6-17(13(10)19)4-3-8(2)14/h5-6,8,18H,3-4H2,1-2H3. The van der Waals surface area contributed by atoms with E-state index >= 15 is 0 Å². The van der Waals surface area contributed by atoms with E-state index in [9.17, 15) is 9.90 Å². The van der Waals surface area contributed by atoms with Crippen LogP contribution in [0.15, 0.2) is 17.2 Å². The van der Waals surface area contributed by atoms with Crippen molar-refractivity contribution < 1.29 is 5.11 Å². The Morgan fingerprint density at radius 3 is 2.89 bits per heavy atom. The summed E-state index contributed by atoms with van der Waals surface area (Å²) >= 11 is 9.54. The van der Waals surface area contributed by atoms with Crippen LogP contribution >= 0.6 is 27.5 Å². The van der Waals surface area contributed by atoms with Gasteiger partial charge in [-0.2, -0.15) is 0 Å². The predicted molar refractivity (Wildman–Crippen MR) is 80.4 cm³/mol. The minimum atomic E-state index is -0.224. The second kappa shape index (κ2) is 5.51. The molecule has 0 spiro atoms. The molecular formula is C13H14BrClN2O2. The first-order valence-corrected chi connectivity index (χ1v) is 7.22. The number of nitrogens with zero attached hydrogens (tertiary/aromatic N) is 2. The maximum atomic E-state index is 12.3. The predicted octanol–water partition coefficient (Wildman–Crippen LogP) is 3.24. The van der Waals surface area contributed by atoms with Crippen molar-refractivity contribution in [2.24, 2.45) is 0 Å². The number of alkyl halides is 1. The Labute approximate surface area is 124 Å². The van der Waals surface area contributed by atoms with Crippen LogP contribution in [-0.2, 0) is 6.54 Å². The number of hydrogen-bond acceptors (Lipinski definition) is 3. The quantitative estimate of drug-likeness (QED) is 0.869. The number of fused-ring (bicyclic) bond motifs is 1. The summed E-state index contributed by atoms with van der Waals surface area (Å²) in [6.07, 6.45) is 2.26. The van der Waals surface area contributed by atoms with Crippen molar-refractivity contribution in [1.29, 1.82) is 0 Å². The Morgan fingerprint density at radius 2 is 2.26 bits per heavy atom.